The van der Waals surface area contributed by atoms with Gasteiger partial charge in [-0.1, -0.05) is 0 Å². The van der Waals surface area contributed by atoms with Gasteiger partial charge in [-0.2, -0.15) is 0 Å². The van der Waals surface area contributed by atoms with Gasteiger partial charge < -0.3 is 58.1 Å². The minimum Gasteiger partial charge on any atom is -0.512 e. The van der Waals surface area contributed by atoms with Crippen molar-refractivity contribution >= 4 is 0 Å². The zero-order valence-corrected chi connectivity index (χ0v) is 13.8. The van der Waals surface area contributed by atoms with Gasteiger partial charge in [0.1, 0.15) is 0 Å². The van der Waals surface area contributed by atoms with Crippen LogP contribution in [-0.2, 0) is 39.7 Å². The average molecular weight is 481 g/mol. The van der Waals surface area contributed by atoms with Crippen LogP contribution in [0, 0.1) is 23.7 Å². The molecule has 1 radical (unpaired) electrons. The molecule has 0 aromatic heterocycles. The van der Waals surface area contributed by atoms with Gasteiger partial charge in [0.15, 0.2) is 0 Å². The molecule has 8 nitrogen and oxygen atoms in total. The summed E-state index contributed by atoms with van der Waals surface area (Å²) in [5.41, 5.74) is 29.4. The second-order valence-corrected chi connectivity index (χ2v) is 1.73. The van der Waals surface area contributed by atoms with Gasteiger partial charge in [0.2, 0.25) is 0 Å². The summed E-state index contributed by atoms with van der Waals surface area (Å²) in [6.07, 6.45) is 0. The first-order valence-electron chi connectivity index (χ1n) is 4.40. The first-order chi connectivity index (χ1) is 7.74. The Labute approximate surface area is 137 Å². The Hall–Kier alpha value is 0.0127. The topological polar surface area (TPSA) is 204 Å². The summed E-state index contributed by atoms with van der Waals surface area (Å²) in [4.78, 5) is 0. The maximum atomic E-state index is 6.25. The van der Waals surface area contributed by atoms with Crippen molar-refractivity contribution in [3.05, 3.63) is 13.1 Å². The molecule has 0 atom stereocenters. The second kappa shape index (κ2) is 121. The van der Waals surface area contributed by atoms with E-state index in [1.54, 1.807) is 0 Å². The molecule has 0 aromatic carbocycles. The van der Waals surface area contributed by atoms with Gasteiger partial charge in [-0.15, -0.1) is 0 Å². The molecule has 0 amide bonds. The third-order valence-corrected chi connectivity index (χ3v) is 0.500. The van der Waals surface area contributed by atoms with Crippen LogP contribution >= 0.6 is 0 Å². The quantitative estimate of drug-likeness (QED) is 0.180. The van der Waals surface area contributed by atoms with Crippen molar-refractivity contribution in [1.82, 2.24) is 0 Å². The third kappa shape index (κ3) is 398. The van der Waals surface area contributed by atoms with Crippen molar-refractivity contribution in [1.29, 1.82) is 10.5 Å². The van der Waals surface area contributed by atoms with E-state index in [9.17, 15) is 0 Å². The van der Waals surface area contributed by atoms with E-state index in [1.165, 1.54) is 0 Å². The van der Waals surface area contributed by atoms with Crippen LogP contribution in [0.15, 0.2) is 0 Å². The molecule has 0 spiro atoms. The summed E-state index contributed by atoms with van der Waals surface area (Å²) in [6, 6.07) is 0. The van der Waals surface area contributed by atoms with Crippen LogP contribution < -0.4 is 34.4 Å². The first-order valence-corrected chi connectivity index (χ1v) is 4.40. The number of nitrogens with two attached hydrogens (primary N) is 6. The molecule has 0 aliphatic heterocycles. The van der Waals surface area contributed by atoms with E-state index in [-0.39, 0.29) is 39.7 Å². The third-order valence-electron chi connectivity index (χ3n) is 0.500. The molecular formula is C8H24AuCrN8+2. The standard InChI is InChI=1S/3C2H8N2.2CN.Au.Cr/c3*3-1-2-4;2*1-2;;/h3*1-4H2;;;;/q;;;2*-1;+1;+3. The fourth-order valence-electron chi connectivity index (χ4n) is 0. The van der Waals surface area contributed by atoms with E-state index in [2.05, 4.69) is 0 Å². The number of nitrogens with zero attached hydrogens (tertiary/aromatic N) is 2. The molecule has 0 rings (SSSR count). The molecule has 10 heteroatoms. The summed E-state index contributed by atoms with van der Waals surface area (Å²) in [6.45, 7) is 13.1. The van der Waals surface area contributed by atoms with Crippen LogP contribution in [0.4, 0.5) is 0 Å². The van der Waals surface area contributed by atoms with Crippen LogP contribution in [-0.4, -0.2) is 39.3 Å². The second-order valence-electron chi connectivity index (χ2n) is 1.73. The van der Waals surface area contributed by atoms with Gasteiger partial charge >= 0.3 is 39.7 Å². The Morgan fingerprint density at radius 1 is 0.500 bits per heavy atom. The number of hydrogen-bond donors (Lipinski definition) is 6. The van der Waals surface area contributed by atoms with Gasteiger partial charge in [-0.25, -0.2) is 0 Å². The fraction of sp³-hybridized carbons (Fsp3) is 0.750. The smallest absolute Gasteiger partial charge is 0.512 e. The van der Waals surface area contributed by atoms with Crippen LogP contribution in [0.5, 0.6) is 0 Å². The Bertz CT molecular complexity index is 82.1. The van der Waals surface area contributed by atoms with Crippen molar-refractivity contribution in [3.8, 4) is 0 Å². The SMILES string of the molecule is NCCN.NCCN.NCCN.[Au+].[C-]#N.[C-]#N.[Cr+3]. The molecule has 12 N–H and O–H groups in total. The van der Waals surface area contributed by atoms with E-state index in [1.807, 2.05) is 0 Å². The molecule has 111 valence electrons. The Kier molecular flexibility index (Phi) is 288. The van der Waals surface area contributed by atoms with E-state index in [0.717, 1.165) is 0 Å². The minimum absolute atomic E-state index is 0. The molecule has 0 aliphatic rings. The molecule has 0 aromatic rings. The Balaban J connectivity index is -0.0000000169. The number of hydrogen-bond acceptors (Lipinski definition) is 8. The van der Waals surface area contributed by atoms with Gasteiger partial charge in [0.05, 0.1) is 0 Å². The van der Waals surface area contributed by atoms with Gasteiger partial charge in [0.25, 0.3) is 0 Å². The van der Waals surface area contributed by atoms with Crippen molar-refractivity contribution in [2.45, 2.75) is 0 Å². The van der Waals surface area contributed by atoms with Crippen molar-refractivity contribution < 1.29 is 39.7 Å². The molecule has 18 heavy (non-hydrogen) atoms. The monoisotopic (exact) mass is 481 g/mol. The molecule has 0 saturated carbocycles. The zero-order valence-electron chi connectivity index (χ0n) is 10.3. The van der Waals surface area contributed by atoms with E-state index in [0.29, 0.717) is 39.3 Å². The minimum atomic E-state index is 0. The summed E-state index contributed by atoms with van der Waals surface area (Å²) >= 11 is 0. The maximum absolute atomic E-state index is 6.25. The first kappa shape index (κ1) is 43.0. The predicted molar refractivity (Wildman–Crippen MR) is 64.3 cm³/mol. The molecule has 0 fully saturated rings. The van der Waals surface area contributed by atoms with Crippen LogP contribution in [0.1, 0.15) is 0 Å². The zero-order chi connectivity index (χ0) is 14.2. The van der Waals surface area contributed by atoms with Crippen molar-refractivity contribution in [2.75, 3.05) is 39.3 Å². The summed E-state index contributed by atoms with van der Waals surface area (Å²) in [5, 5.41) is 12.5. The van der Waals surface area contributed by atoms with Crippen molar-refractivity contribution in [3.63, 3.8) is 0 Å². The van der Waals surface area contributed by atoms with Gasteiger partial charge in [-0.05, 0) is 0 Å². The fourth-order valence-corrected chi connectivity index (χ4v) is 0. The maximum Gasteiger partial charge on any atom is 3.00 e. The average Bonchev–Trinajstić information content (AvgIpc) is 2.43. The normalized spacial score (nSPS) is 5.22. The van der Waals surface area contributed by atoms with Gasteiger partial charge in [-0.3, -0.25) is 0 Å². The predicted octanol–water partition coefficient (Wildman–Crippen LogP) is -3.10. The summed E-state index contributed by atoms with van der Waals surface area (Å²) in [5.74, 6) is 0. The summed E-state index contributed by atoms with van der Waals surface area (Å²) < 4.78 is 0. The van der Waals surface area contributed by atoms with E-state index in [4.69, 9.17) is 58.1 Å². The molecular weight excluding hydrogens is 457 g/mol. The van der Waals surface area contributed by atoms with Crippen molar-refractivity contribution in [2.24, 2.45) is 34.4 Å². The molecule has 0 heterocycles. The number of rotatable bonds is 3. The molecule has 0 bridgehead atoms. The Morgan fingerprint density at radius 2 is 0.556 bits per heavy atom. The summed E-state index contributed by atoms with van der Waals surface area (Å²) in [7, 11) is 0. The molecule has 0 aliphatic carbocycles. The van der Waals surface area contributed by atoms with E-state index < -0.39 is 0 Å². The van der Waals surface area contributed by atoms with E-state index >= 15 is 0 Å². The van der Waals surface area contributed by atoms with Crippen LogP contribution in [0.25, 0.3) is 0 Å². The van der Waals surface area contributed by atoms with Crippen LogP contribution in [0.3, 0.4) is 0 Å². The molecule has 0 unspecified atom stereocenters. The Morgan fingerprint density at radius 3 is 0.556 bits per heavy atom. The molecule has 0 saturated heterocycles. The largest absolute Gasteiger partial charge is 3.00 e. The van der Waals surface area contributed by atoms with Gasteiger partial charge in [0, 0.05) is 39.3 Å². The van der Waals surface area contributed by atoms with Crippen LogP contribution in [0.2, 0.25) is 0 Å².